The Labute approximate surface area is 543 Å². The van der Waals surface area contributed by atoms with Crippen LogP contribution in [0.4, 0.5) is 0 Å². The van der Waals surface area contributed by atoms with Crippen LogP contribution < -0.4 is 5.32 Å². The Morgan fingerprint density at radius 3 is 1.19 bits per heavy atom. The van der Waals surface area contributed by atoms with E-state index in [4.69, 9.17) is 18.9 Å². The molecule has 0 aromatic heterocycles. The topological polar surface area (TPSA) is 228 Å². The van der Waals surface area contributed by atoms with Crippen molar-refractivity contribution in [2.45, 2.75) is 389 Å². The first-order chi connectivity index (χ1) is 43.6. The molecule has 89 heavy (non-hydrogen) atoms. The molecular formula is C75H137NO13. The minimum absolute atomic E-state index is 0.234. The van der Waals surface area contributed by atoms with E-state index in [2.05, 4.69) is 67.8 Å². The van der Waals surface area contributed by atoms with Crippen LogP contribution in [-0.2, 0) is 23.7 Å². The minimum atomic E-state index is -1.79. The number of nitrogens with one attached hydrogen (secondary N) is 1. The van der Waals surface area contributed by atoms with Crippen LogP contribution in [0.5, 0.6) is 0 Å². The van der Waals surface area contributed by atoms with Crippen molar-refractivity contribution in [3.05, 3.63) is 60.8 Å². The number of rotatable bonds is 61. The lowest BCUT2D eigenvalue weighted by molar-refractivity contribution is -0.359. The Hall–Kier alpha value is -2.31. The van der Waals surface area contributed by atoms with Crippen LogP contribution >= 0.6 is 0 Å². The van der Waals surface area contributed by atoms with Gasteiger partial charge in [0.15, 0.2) is 12.6 Å². The van der Waals surface area contributed by atoms with E-state index in [-0.39, 0.29) is 18.9 Å². The molecule has 0 bridgehead atoms. The number of carbonyl (C=O) groups is 1. The molecule has 12 unspecified atom stereocenters. The fourth-order valence-electron chi connectivity index (χ4n) is 12.1. The lowest BCUT2D eigenvalue weighted by atomic mass is 9.97. The molecule has 2 heterocycles. The van der Waals surface area contributed by atoms with Crippen molar-refractivity contribution in [1.29, 1.82) is 0 Å². The van der Waals surface area contributed by atoms with Crippen molar-refractivity contribution in [1.82, 2.24) is 5.32 Å². The maximum absolute atomic E-state index is 13.3. The van der Waals surface area contributed by atoms with Gasteiger partial charge in [-0.1, -0.05) is 312 Å². The van der Waals surface area contributed by atoms with E-state index in [0.29, 0.717) is 6.42 Å². The molecule has 12 atom stereocenters. The molecule has 1 amide bonds. The van der Waals surface area contributed by atoms with E-state index in [1.54, 1.807) is 6.08 Å². The number of unbranched alkanes of at least 4 members (excludes halogenated alkanes) is 40. The van der Waals surface area contributed by atoms with Crippen LogP contribution in [0.15, 0.2) is 60.8 Å². The molecular weight excluding hydrogens is 1120 g/mol. The standard InChI is InChI=1S/C75H137NO13/c1-3-5-7-9-11-13-15-17-19-20-21-22-23-24-25-26-27-28-29-30-31-32-33-34-35-36-37-38-39-40-41-42-43-44-45-47-49-51-53-55-57-59-67(80)76-63(64(79)58-56-54-52-50-48-46-18-16-14-12-10-8-6-4-2)62-86-74-72(85)70(83)73(66(61-78)88-74)89-75-71(84)69(82)68(81)65(60-77)87-75/h5,7,11,13,17,19,21-22,56,58,63-66,68-75,77-79,81-85H,3-4,6,8-10,12,14-16,18,20,23-55,57,59-62H2,1-2H3,(H,76,80)/b7-5-,13-11-,19-17-,22-21-,58-56+. The Morgan fingerprint density at radius 2 is 0.775 bits per heavy atom. The van der Waals surface area contributed by atoms with Gasteiger partial charge < -0.3 is 65.1 Å². The van der Waals surface area contributed by atoms with Gasteiger partial charge in [-0.2, -0.15) is 0 Å². The first-order valence-electron chi connectivity index (χ1n) is 37.0. The van der Waals surface area contributed by atoms with Crippen LogP contribution in [-0.4, -0.2) is 140 Å². The summed E-state index contributed by atoms with van der Waals surface area (Å²) in [6.45, 7) is 2.71. The number of carbonyl (C=O) groups excluding carboxylic acids is 1. The number of aliphatic hydroxyl groups is 8. The van der Waals surface area contributed by atoms with Crippen LogP contribution in [0.3, 0.4) is 0 Å². The predicted octanol–water partition coefficient (Wildman–Crippen LogP) is 15.6. The molecule has 14 nitrogen and oxygen atoms in total. The minimum Gasteiger partial charge on any atom is -0.394 e. The summed E-state index contributed by atoms with van der Waals surface area (Å²) >= 11 is 0. The molecule has 2 saturated heterocycles. The fraction of sp³-hybridized carbons (Fsp3) is 0.853. The second kappa shape index (κ2) is 59.4. The number of hydrogen-bond donors (Lipinski definition) is 9. The van der Waals surface area contributed by atoms with E-state index < -0.39 is 86.8 Å². The number of hydrogen-bond acceptors (Lipinski definition) is 13. The largest absolute Gasteiger partial charge is 0.394 e. The average Bonchev–Trinajstić information content (AvgIpc) is 2.74. The zero-order valence-corrected chi connectivity index (χ0v) is 56.7. The zero-order valence-electron chi connectivity index (χ0n) is 56.7. The number of allylic oxidation sites excluding steroid dienone is 9. The quantitative estimate of drug-likeness (QED) is 0.0204. The maximum atomic E-state index is 13.3. The smallest absolute Gasteiger partial charge is 0.220 e. The van der Waals surface area contributed by atoms with Gasteiger partial charge in [0.1, 0.15) is 48.8 Å². The summed E-state index contributed by atoms with van der Waals surface area (Å²) in [4.78, 5) is 13.3. The molecule has 520 valence electrons. The molecule has 0 saturated carbocycles. The average molecular weight is 1260 g/mol. The summed E-state index contributed by atoms with van der Waals surface area (Å²) in [5.41, 5.74) is 0. The number of amides is 1. The van der Waals surface area contributed by atoms with E-state index in [0.717, 1.165) is 64.2 Å². The summed E-state index contributed by atoms with van der Waals surface area (Å²) in [6.07, 6.45) is 63.2. The van der Waals surface area contributed by atoms with Gasteiger partial charge in [0.2, 0.25) is 5.91 Å². The molecule has 0 radical (unpaired) electrons. The van der Waals surface area contributed by atoms with Crippen molar-refractivity contribution in [3.63, 3.8) is 0 Å². The predicted molar refractivity (Wildman–Crippen MR) is 364 cm³/mol. The van der Waals surface area contributed by atoms with E-state index in [9.17, 15) is 45.6 Å². The third-order valence-electron chi connectivity index (χ3n) is 18.0. The van der Waals surface area contributed by atoms with Crippen LogP contribution in [0, 0.1) is 0 Å². The van der Waals surface area contributed by atoms with Crippen LogP contribution in [0.2, 0.25) is 0 Å². The first-order valence-corrected chi connectivity index (χ1v) is 37.0. The highest BCUT2D eigenvalue weighted by molar-refractivity contribution is 5.76. The summed E-state index contributed by atoms with van der Waals surface area (Å²) in [7, 11) is 0. The van der Waals surface area contributed by atoms with Crippen LogP contribution in [0.1, 0.15) is 316 Å². The van der Waals surface area contributed by atoms with Gasteiger partial charge in [-0.05, 0) is 57.8 Å². The highest BCUT2D eigenvalue weighted by Gasteiger charge is 2.51. The fourth-order valence-corrected chi connectivity index (χ4v) is 12.1. The molecule has 0 aromatic rings. The van der Waals surface area contributed by atoms with Gasteiger partial charge >= 0.3 is 0 Å². The van der Waals surface area contributed by atoms with Crippen LogP contribution in [0.25, 0.3) is 0 Å². The molecule has 2 aliphatic rings. The van der Waals surface area contributed by atoms with Gasteiger partial charge in [0.25, 0.3) is 0 Å². The van der Waals surface area contributed by atoms with Crippen molar-refractivity contribution < 1.29 is 64.6 Å². The molecule has 9 N–H and O–H groups in total. The Kier molecular flexibility index (Phi) is 55.3. The Bertz CT molecular complexity index is 1720. The highest BCUT2D eigenvalue weighted by Crippen LogP contribution is 2.30. The van der Waals surface area contributed by atoms with Gasteiger partial charge in [0.05, 0.1) is 32.0 Å². The second-order valence-corrected chi connectivity index (χ2v) is 26.0. The number of ether oxygens (including phenoxy) is 4. The molecule has 0 spiro atoms. The molecule has 2 rings (SSSR count). The third kappa shape index (κ3) is 43.3. The first kappa shape index (κ1) is 82.8. The monoisotopic (exact) mass is 1260 g/mol. The second-order valence-electron chi connectivity index (χ2n) is 26.0. The van der Waals surface area contributed by atoms with Crippen molar-refractivity contribution in [2.75, 3.05) is 19.8 Å². The van der Waals surface area contributed by atoms with E-state index >= 15 is 0 Å². The van der Waals surface area contributed by atoms with Gasteiger partial charge in [0, 0.05) is 6.42 Å². The lowest BCUT2D eigenvalue weighted by Crippen LogP contribution is -2.65. The van der Waals surface area contributed by atoms with Gasteiger partial charge in [-0.3, -0.25) is 4.79 Å². The van der Waals surface area contributed by atoms with E-state index in [1.165, 1.54) is 225 Å². The Balaban J connectivity index is 1.53. The molecule has 2 fully saturated rings. The van der Waals surface area contributed by atoms with Crippen molar-refractivity contribution in [3.8, 4) is 0 Å². The maximum Gasteiger partial charge on any atom is 0.220 e. The summed E-state index contributed by atoms with van der Waals surface area (Å²) < 4.78 is 22.8. The van der Waals surface area contributed by atoms with Gasteiger partial charge in [-0.25, -0.2) is 0 Å². The molecule has 0 aromatic carbocycles. The summed E-state index contributed by atoms with van der Waals surface area (Å²) in [5, 5.41) is 87.3. The molecule has 2 aliphatic heterocycles. The summed E-state index contributed by atoms with van der Waals surface area (Å²) in [5.74, 6) is -0.234. The Morgan fingerprint density at radius 1 is 0.416 bits per heavy atom. The van der Waals surface area contributed by atoms with Crippen molar-refractivity contribution >= 4 is 5.91 Å². The lowest BCUT2D eigenvalue weighted by Gasteiger charge is -2.46. The molecule has 0 aliphatic carbocycles. The van der Waals surface area contributed by atoms with E-state index in [1.807, 2.05) is 6.08 Å². The van der Waals surface area contributed by atoms with Crippen molar-refractivity contribution in [2.24, 2.45) is 0 Å². The van der Waals surface area contributed by atoms with Gasteiger partial charge in [-0.15, -0.1) is 0 Å². The SMILES string of the molecule is CC/C=C\C/C=C\C/C=C\C/C=C\CCCCCCCCCCCCCCCCCCCCCCCCCCCCCCC(=O)NC(COC1OC(CO)C(OC2OC(CO)C(O)C(O)C2O)C(O)C1O)C(O)/C=C/CCCCCCCCCCCCCC. The third-order valence-corrected chi connectivity index (χ3v) is 18.0. The molecule has 14 heteroatoms. The normalized spacial score (nSPS) is 23.3. The zero-order chi connectivity index (χ0) is 64.5. The highest BCUT2D eigenvalue weighted by atomic mass is 16.7. The summed E-state index contributed by atoms with van der Waals surface area (Å²) in [6, 6.07) is -0.913. The number of aliphatic hydroxyl groups excluding tert-OH is 8.